The summed E-state index contributed by atoms with van der Waals surface area (Å²) in [5.74, 6) is -6.75. The van der Waals surface area contributed by atoms with Gasteiger partial charge in [0.1, 0.15) is 0 Å². The van der Waals surface area contributed by atoms with Gasteiger partial charge in [-0.2, -0.15) is 8.78 Å². The highest BCUT2D eigenvalue weighted by Crippen LogP contribution is 2.22. The van der Waals surface area contributed by atoms with Crippen LogP contribution in [-0.2, 0) is 14.3 Å². The van der Waals surface area contributed by atoms with Crippen LogP contribution in [0.1, 0.15) is 13.8 Å². The predicted molar refractivity (Wildman–Crippen MR) is 51.0 cm³/mol. The number of rotatable bonds is 8. The van der Waals surface area contributed by atoms with Crippen LogP contribution in [0.3, 0.4) is 0 Å². The minimum absolute atomic E-state index is 0.242. The van der Waals surface area contributed by atoms with E-state index in [9.17, 15) is 22.4 Å². The first-order valence-electron chi connectivity index (χ1n) is 5.03. The number of alkyl halides is 4. The molecule has 0 rings (SSSR count). The molecule has 102 valence electrons. The monoisotopic (exact) mass is 261 g/mol. The van der Waals surface area contributed by atoms with E-state index < -0.39 is 31.1 Å². The fourth-order valence-corrected chi connectivity index (χ4v) is 0.931. The number of hydrogen-bond acceptors (Lipinski definition) is 3. The van der Waals surface area contributed by atoms with Crippen LogP contribution >= 0.6 is 0 Å². The Morgan fingerprint density at radius 3 is 2.06 bits per heavy atom. The molecule has 0 bridgehead atoms. The molecule has 17 heavy (non-hydrogen) atoms. The Bertz CT molecular complexity index is 232. The summed E-state index contributed by atoms with van der Waals surface area (Å²) in [5.41, 5.74) is 0. The van der Waals surface area contributed by atoms with Crippen LogP contribution in [0.25, 0.3) is 0 Å². The smallest absolute Gasteiger partial charge is 0.351 e. The second kappa shape index (κ2) is 7.44. The fourth-order valence-electron chi connectivity index (χ4n) is 0.931. The molecule has 0 aliphatic carbocycles. The molecule has 0 radical (unpaired) electrons. The average molecular weight is 261 g/mol. The molecule has 1 amide bonds. The molecule has 0 saturated carbocycles. The maximum Gasteiger partial charge on any atom is 0.383 e. The van der Waals surface area contributed by atoms with E-state index in [4.69, 9.17) is 9.47 Å². The van der Waals surface area contributed by atoms with Crippen LogP contribution in [0.5, 0.6) is 0 Å². The van der Waals surface area contributed by atoms with Gasteiger partial charge in [-0.05, 0) is 13.8 Å². The Balaban J connectivity index is 4.20. The van der Waals surface area contributed by atoms with Crippen LogP contribution < -0.4 is 5.32 Å². The van der Waals surface area contributed by atoms with Gasteiger partial charge in [0, 0.05) is 13.2 Å². The van der Waals surface area contributed by atoms with E-state index >= 15 is 0 Å². The van der Waals surface area contributed by atoms with E-state index in [1.807, 2.05) is 0 Å². The van der Waals surface area contributed by atoms with Gasteiger partial charge in [-0.1, -0.05) is 0 Å². The molecule has 0 atom stereocenters. The molecule has 0 unspecified atom stereocenters. The number of amides is 1. The topological polar surface area (TPSA) is 47.6 Å². The highest BCUT2D eigenvalue weighted by Gasteiger charge is 2.48. The SMILES string of the molecule is CCOC(CNC(=O)C(F)(F)C(F)F)OCC. The predicted octanol–water partition coefficient (Wildman–Crippen LogP) is 1.40. The quantitative estimate of drug-likeness (QED) is 0.530. The van der Waals surface area contributed by atoms with Crippen molar-refractivity contribution in [1.82, 2.24) is 5.32 Å². The molecule has 0 saturated heterocycles. The molecule has 1 N–H and O–H groups in total. The first-order chi connectivity index (χ1) is 7.86. The lowest BCUT2D eigenvalue weighted by Gasteiger charge is -2.19. The van der Waals surface area contributed by atoms with Gasteiger partial charge in [0.15, 0.2) is 6.29 Å². The molecule has 0 aliphatic rings. The lowest BCUT2D eigenvalue weighted by molar-refractivity contribution is -0.174. The Kier molecular flexibility index (Phi) is 7.05. The van der Waals surface area contributed by atoms with Crippen molar-refractivity contribution in [2.24, 2.45) is 0 Å². The van der Waals surface area contributed by atoms with Crippen LogP contribution in [0.15, 0.2) is 0 Å². The Morgan fingerprint density at radius 2 is 1.71 bits per heavy atom. The first-order valence-corrected chi connectivity index (χ1v) is 5.03. The minimum atomic E-state index is -4.71. The number of halogens is 4. The van der Waals surface area contributed by atoms with E-state index in [0.717, 1.165) is 0 Å². The molecule has 0 aromatic carbocycles. The zero-order valence-corrected chi connectivity index (χ0v) is 9.51. The third-order valence-corrected chi connectivity index (χ3v) is 1.71. The molecule has 0 spiro atoms. The Morgan fingerprint density at radius 1 is 1.24 bits per heavy atom. The summed E-state index contributed by atoms with van der Waals surface area (Å²) in [4.78, 5) is 10.8. The lowest BCUT2D eigenvalue weighted by Crippen LogP contribution is -2.48. The van der Waals surface area contributed by atoms with Gasteiger partial charge >= 0.3 is 12.3 Å². The van der Waals surface area contributed by atoms with Crippen LogP contribution in [0.4, 0.5) is 17.6 Å². The van der Waals surface area contributed by atoms with Crippen LogP contribution in [-0.4, -0.2) is 44.3 Å². The number of nitrogens with one attached hydrogen (secondary N) is 1. The third-order valence-electron chi connectivity index (χ3n) is 1.71. The highest BCUT2D eigenvalue weighted by molar-refractivity contribution is 5.83. The first kappa shape index (κ1) is 16.1. The maximum atomic E-state index is 12.5. The second-order valence-electron chi connectivity index (χ2n) is 2.97. The van der Waals surface area contributed by atoms with Crippen molar-refractivity contribution < 1.29 is 31.8 Å². The number of ether oxygens (including phenoxy) is 2. The normalized spacial score (nSPS) is 12.2. The van der Waals surface area contributed by atoms with E-state index in [2.05, 4.69) is 0 Å². The van der Waals surface area contributed by atoms with Crippen molar-refractivity contribution in [1.29, 1.82) is 0 Å². The zero-order chi connectivity index (χ0) is 13.5. The molecular weight excluding hydrogens is 246 g/mol. The number of carbonyl (C=O) groups excluding carboxylic acids is 1. The highest BCUT2D eigenvalue weighted by atomic mass is 19.3. The average Bonchev–Trinajstić information content (AvgIpc) is 2.25. The van der Waals surface area contributed by atoms with Gasteiger partial charge in [-0.3, -0.25) is 4.79 Å². The molecule has 0 aromatic heterocycles. The number of hydrogen-bond donors (Lipinski definition) is 1. The summed E-state index contributed by atoms with van der Waals surface area (Å²) in [5, 5.41) is 1.66. The molecule has 0 aliphatic heterocycles. The summed E-state index contributed by atoms with van der Waals surface area (Å²) in [6, 6.07) is 0. The maximum absolute atomic E-state index is 12.5. The Labute approximate surface area is 96.3 Å². The van der Waals surface area contributed by atoms with E-state index in [0.29, 0.717) is 0 Å². The summed E-state index contributed by atoms with van der Waals surface area (Å²) in [6.45, 7) is 3.35. The van der Waals surface area contributed by atoms with Crippen molar-refractivity contribution in [3.8, 4) is 0 Å². The summed E-state index contributed by atoms with van der Waals surface area (Å²) in [7, 11) is 0. The van der Waals surface area contributed by atoms with E-state index in [1.54, 1.807) is 19.2 Å². The van der Waals surface area contributed by atoms with Gasteiger partial charge in [0.25, 0.3) is 5.91 Å². The van der Waals surface area contributed by atoms with Crippen molar-refractivity contribution in [2.45, 2.75) is 32.5 Å². The minimum Gasteiger partial charge on any atom is -0.351 e. The third kappa shape index (κ3) is 5.31. The van der Waals surface area contributed by atoms with Crippen molar-refractivity contribution in [3.63, 3.8) is 0 Å². The standard InChI is InChI=1S/C9H15F4NO3/c1-3-16-6(17-4-2)5-14-8(15)9(12,13)7(10)11/h6-7H,3-5H2,1-2H3,(H,14,15). The Hall–Kier alpha value is -0.890. The molecule has 0 aromatic rings. The number of carbonyl (C=O) groups is 1. The molecule has 0 fully saturated rings. The van der Waals surface area contributed by atoms with Gasteiger partial charge in [0.05, 0.1) is 6.54 Å². The summed E-state index contributed by atoms with van der Waals surface area (Å²) < 4.78 is 58.5. The molecule has 8 heteroatoms. The van der Waals surface area contributed by atoms with Crippen LogP contribution in [0, 0.1) is 0 Å². The summed E-state index contributed by atoms with van der Waals surface area (Å²) in [6.07, 6.45) is -4.97. The van der Waals surface area contributed by atoms with E-state index in [-0.39, 0.29) is 13.2 Å². The van der Waals surface area contributed by atoms with Gasteiger partial charge in [0.2, 0.25) is 0 Å². The largest absolute Gasteiger partial charge is 0.383 e. The van der Waals surface area contributed by atoms with Crippen LogP contribution in [0.2, 0.25) is 0 Å². The molecule has 4 nitrogen and oxygen atoms in total. The van der Waals surface area contributed by atoms with Gasteiger partial charge < -0.3 is 14.8 Å². The van der Waals surface area contributed by atoms with Crippen molar-refractivity contribution >= 4 is 5.91 Å². The summed E-state index contributed by atoms with van der Waals surface area (Å²) >= 11 is 0. The van der Waals surface area contributed by atoms with Gasteiger partial charge in [-0.25, -0.2) is 8.78 Å². The van der Waals surface area contributed by atoms with E-state index in [1.165, 1.54) is 0 Å². The fraction of sp³-hybridized carbons (Fsp3) is 0.889. The lowest BCUT2D eigenvalue weighted by atomic mass is 10.3. The zero-order valence-electron chi connectivity index (χ0n) is 9.51. The molecule has 0 heterocycles. The van der Waals surface area contributed by atoms with Crippen molar-refractivity contribution in [2.75, 3.05) is 19.8 Å². The molecular formula is C9H15F4NO3. The van der Waals surface area contributed by atoms with Crippen molar-refractivity contribution in [3.05, 3.63) is 0 Å². The van der Waals surface area contributed by atoms with Gasteiger partial charge in [-0.15, -0.1) is 0 Å². The second-order valence-corrected chi connectivity index (χ2v) is 2.97.